The average Bonchev–Trinajstić information content (AvgIpc) is 3.76. The number of fused-ring (bicyclic) bond motifs is 5. The zero-order valence-electron chi connectivity index (χ0n) is 26.9. The third-order valence-corrected chi connectivity index (χ3v) is 9.98. The minimum Gasteiger partial charge on any atom is -0.497 e. The molecule has 0 unspecified atom stereocenters. The molecule has 47 heavy (non-hydrogen) atoms. The monoisotopic (exact) mass is 644 g/mol. The highest BCUT2D eigenvalue weighted by Gasteiger charge is 2.77. The number of nitrogens with zero attached hydrogens (tertiary/aromatic N) is 1. The van der Waals surface area contributed by atoms with E-state index in [0.717, 1.165) is 0 Å². The van der Waals surface area contributed by atoms with Crippen molar-refractivity contribution >= 4 is 11.8 Å². The predicted octanol–water partition coefficient (Wildman–Crippen LogP) is 3.79. The highest BCUT2D eigenvalue weighted by Crippen LogP contribution is 2.70. The molecule has 2 amide bonds. The molecule has 1 saturated carbocycles. The van der Waals surface area contributed by atoms with Crippen molar-refractivity contribution in [3.8, 4) is 28.7 Å². The SMILES string of the molecule is COc1ccc([C@]23Oc4cc5c(c(OC)c4[C@](O)([C@@H](c4ccccc4)[C@@H]2C(=O)N2CCC[C@@H]2NC(=O)CC(C)C)[C@@H]3O)OCO5)cc1. The molecular formula is C36H40N2O9. The molecule has 0 spiro atoms. The van der Waals surface area contributed by atoms with Gasteiger partial charge in [0, 0.05) is 24.9 Å². The number of benzene rings is 3. The molecule has 3 aliphatic heterocycles. The van der Waals surface area contributed by atoms with Crippen molar-refractivity contribution in [2.75, 3.05) is 27.6 Å². The summed E-state index contributed by atoms with van der Waals surface area (Å²) in [6.07, 6.45) is -0.610. The summed E-state index contributed by atoms with van der Waals surface area (Å²) in [6, 6.07) is 17.8. The minimum atomic E-state index is -2.10. The summed E-state index contributed by atoms with van der Waals surface area (Å²) in [5.41, 5.74) is -2.61. The normalized spacial score (nSPS) is 28.5. The Morgan fingerprint density at radius 1 is 1.04 bits per heavy atom. The van der Waals surface area contributed by atoms with E-state index in [1.54, 1.807) is 42.3 Å². The first-order chi connectivity index (χ1) is 22.6. The van der Waals surface area contributed by atoms with Crippen molar-refractivity contribution in [2.45, 2.75) is 62.5 Å². The predicted molar refractivity (Wildman–Crippen MR) is 169 cm³/mol. The van der Waals surface area contributed by atoms with Crippen molar-refractivity contribution in [3.63, 3.8) is 0 Å². The number of carbonyl (C=O) groups is 2. The van der Waals surface area contributed by atoms with Gasteiger partial charge in [-0.1, -0.05) is 56.3 Å². The van der Waals surface area contributed by atoms with Crippen LogP contribution in [0, 0.1) is 11.8 Å². The number of nitrogens with one attached hydrogen (secondary N) is 1. The van der Waals surface area contributed by atoms with Gasteiger partial charge in [-0.2, -0.15) is 0 Å². The molecule has 7 rings (SSSR count). The van der Waals surface area contributed by atoms with Crippen molar-refractivity contribution in [1.29, 1.82) is 0 Å². The lowest BCUT2D eigenvalue weighted by Gasteiger charge is -2.45. The van der Waals surface area contributed by atoms with Crippen LogP contribution in [-0.2, 0) is 20.8 Å². The largest absolute Gasteiger partial charge is 0.497 e. The van der Waals surface area contributed by atoms with Crippen molar-refractivity contribution in [3.05, 3.63) is 77.4 Å². The molecule has 0 radical (unpaired) electrons. The van der Waals surface area contributed by atoms with Crippen LogP contribution in [-0.4, -0.2) is 66.8 Å². The summed E-state index contributed by atoms with van der Waals surface area (Å²) in [6.45, 7) is 4.27. The number of rotatable bonds is 8. The molecule has 3 heterocycles. The van der Waals surface area contributed by atoms with E-state index in [1.807, 2.05) is 44.2 Å². The van der Waals surface area contributed by atoms with Gasteiger partial charge in [0.15, 0.2) is 17.1 Å². The standard InChI is InChI=1S/C36H40N2O9/c1-20(2)17-27(39)37-26-11-8-16-38(26)33(40)30-28(21-9-6-5-7-10-21)35(42)29-24(18-25-31(32(29)44-4)46-19-45-25)47-36(30,34(35)41)22-12-14-23(43-3)15-13-22/h5-7,9-10,12-15,18,20,26,28,30,34,41-42H,8,11,16-17,19H2,1-4H3,(H,37,39)/t26-,28+,30-,34+,35-,36+/m1/s1. The second kappa shape index (κ2) is 11.6. The Hall–Kier alpha value is -4.48. The Morgan fingerprint density at radius 2 is 1.79 bits per heavy atom. The fourth-order valence-corrected chi connectivity index (χ4v) is 8.06. The maximum atomic E-state index is 15.3. The lowest BCUT2D eigenvalue weighted by atomic mass is 9.74. The number of carbonyl (C=O) groups excluding carboxylic acids is 2. The molecule has 3 aromatic carbocycles. The Labute approximate surface area is 273 Å². The van der Waals surface area contributed by atoms with Crippen LogP contribution in [0.3, 0.4) is 0 Å². The van der Waals surface area contributed by atoms with Gasteiger partial charge in [0.25, 0.3) is 0 Å². The summed E-state index contributed by atoms with van der Waals surface area (Å²) in [5, 5.41) is 28.9. The van der Waals surface area contributed by atoms with Crippen molar-refractivity contribution in [2.24, 2.45) is 11.8 Å². The van der Waals surface area contributed by atoms with Crippen LogP contribution in [0.4, 0.5) is 0 Å². The lowest BCUT2D eigenvalue weighted by Crippen LogP contribution is -2.58. The molecule has 6 atom stereocenters. The van der Waals surface area contributed by atoms with Gasteiger partial charge in [0.2, 0.25) is 24.4 Å². The van der Waals surface area contributed by atoms with E-state index >= 15 is 4.79 Å². The van der Waals surface area contributed by atoms with Crippen LogP contribution in [0.15, 0.2) is 60.7 Å². The number of hydrogen-bond acceptors (Lipinski definition) is 9. The smallest absolute Gasteiger partial charge is 0.232 e. The van der Waals surface area contributed by atoms with Gasteiger partial charge < -0.3 is 44.1 Å². The Morgan fingerprint density at radius 3 is 2.47 bits per heavy atom. The topological polar surface area (TPSA) is 136 Å². The Kier molecular flexibility index (Phi) is 7.71. The Bertz CT molecular complexity index is 1680. The molecule has 2 bridgehead atoms. The van der Waals surface area contributed by atoms with Gasteiger partial charge >= 0.3 is 0 Å². The molecule has 2 fully saturated rings. The molecule has 1 saturated heterocycles. The van der Waals surface area contributed by atoms with Crippen LogP contribution in [0.25, 0.3) is 0 Å². The number of amides is 2. The number of hydrogen-bond donors (Lipinski definition) is 3. The number of ether oxygens (including phenoxy) is 5. The lowest BCUT2D eigenvalue weighted by molar-refractivity contribution is -0.163. The third-order valence-electron chi connectivity index (χ3n) is 9.98. The Balaban J connectivity index is 1.46. The van der Waals surface area contributed by atoms with Gasteiger partial charge in [0.05, 0.1) is 25.7 Å². The van der Waals surface area contributed by atoms with Crippen LogP contribution < -0.4 is 29.0 Å². The first-order valence-corrected chi connectivity index (χ1v) is 16.0. The van der Waals surface area contributed by atoms with E-state index in [2.05, 4.69) is 5.32 Å². The summed E-state index contributed by atoms with van der Waals surface area (Å²) < 4.78 is 29.7. The number of aliphatic hydroxyl groups excluding tert-OH is 1. The molecule has 4 aliphatic rings. The van der Waals surface area contributed by atoms with E-state index in [0.29, 0.717) is 48.4 Å². The van der Waals surface area contributed by atoms with Crippen LogP contribution >= 0.6 is 0 Å². The zero-order chi connectivity index (χ0) is 33.1. The fraction of sp³-hybridized carbons (Fsp3) is 0.444. The van der Waals surface area contributed by atoms with E-state index < -0.39 is 35.3 Å². The maximum Gasteiger partial charge on any atom is 0.232 e. The number of aliphatic hydroxyl groups is 2. The molecule has 248 valence electrons. The zero-order valence-corrected chi connectivity index (χ0v) is 26.9. The molecule has 1 aliphatic carbocycles. The maximum absolute atomic E-state index is 15.3. The fourth-order valence-electron chi connectivity index (χ4n) is 8.06. The highest BCUT2D eigenvalue weighted by atomic mass is 16.7. The molecule has 3 aromatic rings. The van der Waals surface area contributed by atoms with Gasteiger partial charge in [0.1, 0.15) is 29.4 Å². The van der Waals surface area contributed by atoms with Crippen molar-refractivity contribution in [1.82, 2.24) is 10.2 Å². The quantitative estimate of drug-likeness (QED) is 0.335. The first kappa shape index (κ1) is 31.1. The summed E-state index contributed by atoms with van der Waals surface area (Å²) in [4.78, 5) is 29.8. The van der Waals surface area contributed by atoms with Gasteiger partial charge in [-0.15, -0.1) is 0 Å². The van der Waals surface area contributed by atoms with Crippen LogP contribution in [0.5, 0.6) is 28.7 Å². The number of methoxy groups -OCH3 is 2. The van der Waals surface area contributed by atoms with Gasteiger partial charge in [-0.25, -0.2) is 0 Å². The van der Waals surface area contributed by atoms with Crippen LogP contribution in [0.1, 0.15) is 55.7 Å². The van der Waals surface area contributed by atoms with E-state index in [1.165, 1.54) is 7.11 Å². The molecule has 11 nitrogen and oxygen atoms in total. The minimum absolute atomic E-state index is 0.0543. The van der Waals surface area contributed by atoms with E-state index in [4.69, 9.17) is 23.7 Å². The molecule has 0 aromatic heterocycles. The molecule has 3 N–H and O–H groups in total. The molecule has 11 heteroatoms. The second-order valence-corrected chi connectivity index (χ2v) is 13.1. The van der Waals surface area contributed by atoms with Crippen molar-refractivity contribution < 1.29 is 43.5 Å². The van der Waals surface area contributed by atoms with E-state index in [-0.39, 0.29) is 47.3 Å². The average molecular weight is 645 g/mol. The highest BCUT2D eigenvalue weighted by molar-refractivity contribution is 5.86. The first-order valence-electron chi connectivity index (χ1n) is 16.0. The van der Waals surface area contributed by atoms with Crippen LogP contribution in [0.2, 0.25) is 0 Å². The number of likely N-dealkylation sites (tertiary alicyclic amines) is 1. The van der Waals surface area contributed by atoms with Gasteiger partial charge in [-0.3, -0.25) is 9.59 Å². The summed E-state index contributed by atoms with van der Waals surface area (Å²) in [5.74, 6) is -0.947. The molecular weight excluding hydrogens is 604 g/mol. The third kappa shape index (κ3) is 4.62. The van der Waals surface area contributed by atoms with E-state index in [9.17, 15) is 15.0 Å². The van der Waals surface area contributed by atoms with Gasteiger partial charge in [-0.05, 0) is 42.0 Å². The summed E-state index contributed by atoms with van der Waals surface area (Å²) >= 11 is 0. The second-order valence-electron chi connectivity index (χ2n) is 13.1. The summed E-state index contributed by atoms with van der Waals surface area (Å²) in [7, 11) is 3.00.